The zero-order valence-corrected chi connectivity index (χ0v) is 10.2. The van der Waals surface area contributed by atoms with Gasteiger partial charge in [0.15, 0.2) is 0 Å². The maximum Gasteiger partial charge on any atom is 0.139 e. The smallest absolute Gasteiger partial charge is 0.139 e. The molecule has 2 rings (SSSR count). The van der Waals surface area contributed by atoms with E-state index in [1.165, 1.54) is 7.11 Å². The molecule has 0 radical (unpaired) electrons. The van der Waals surface area contributed by atoms with Crippen molar-refractivity contribution in [3.8, 4) is 5.75 Å². The molecular weight excluding hydrogens is 236 g/mol. The topological polar surface area (TPSA) is 12.5 Å². The summed E-state index contributed by atoms with van der Waals surface area (Å²) in [7, 11) is 3.07. The summed E-state index contributed by atoms with van der Waals surface area (Å²) in [4.78, 5) is 1.63. The maximum absolute atomic E-state index is 13.9. The van der Waals surface area contributed by atoms with Crippen LogP contribution in [0.1, 0.15) is 5.56 Å². The molecule has 1 aliphatic rings. The number of hydrogen-bond donors (Lipinski definition) is 0. The molecule has 94 valence electrons. The SMILES string of the molecule is C=C1C=CC=C(c2c(F)cc(OC)cc2F)N1C. The lowest BCUT2D eigenvalue weighted by Gasteiger charge is -2.26. The second-order valence-electron chi connectivity index (χ2n) is 3.93. The summed E-state index contributed by atoms with van der Waals surface area (Å²) in [5, 5.41) is 0. The average Bonchev–Trinajstić information content (AvgIpc) is 2.33. The Labute approximate surface area is 104 Å². The molecule has 0 saturated carbocycles. The molecule has 0 spiro atoms. The Morgan fingerprint density at radius 2 is 1.83 bits per heavy atom. The highest BCUT2D eigenvalue weighted by molar-refractivity contribution is 5.70. The molecule has 18 heavy (non-hydrogen) atoms. The number of likely N-dealkylation sites (N-methyl/N-ethyl adjacent to an activating group) is 1. The molecule has 0 fully saturated rings. The first-order valence-electron chi connectivity index (χ1n) is 5.39. The molecule has 4 heteroatoms. The van der Waals surface area contributed by atoms with E-state index in [0.29, 0.717) is 11.4 Å². The quantitative estimate of drug-likeness (QED) is 0.797. The van der Waals surface area contributed by atoms with Gasteiger partial charge in [-0.3, -0.25) is 0 Å². The molecule has 2 nitrogen and oxygen atoms in total. The largest absolute Gasteiger partial charge is 0.497 e. The van der Waals surface area contributed by atoms with Crippen LogP contribution in [-0.2, 0) is 0 Å². The van der Waals surface area contributed by atoms with Crippen molar-refractivity contribution in [2.24, 2.45) is 0 Å². The van der Waals surface area contributed by atoms with Gasteiger partial charge in [0.25, 0.3) is 0 Å². The first kappa shape index (κ1) is 12.4. The van der Waals surface area contributed by atoms with Crippen molar-refractivity contribution in [2.45, 2.75) is 0 Å². The molecule has 0 aromatic heterocycles. The van der Waals surface area contributed by atoms with Gasteiger partial charge in [0.05, 0.1) is 18.4 Å². The number of halogens is 2. The van der Waals surface area contributed by atoms with Crippen LogP contribution in [0.25, 0.3) is 5.70 Å². The second-order valence-corrected chi connectivity index (χ2v) is 3.93. The van der Waals surface area contributed by atoms with E-state index in [2.05, 4.69) is 6.58 Å². The van der Waals surface area contributed by atoms with Crippen molar-refractivity contribution >= 4 is 5.70 Å². The minimum absolute atomic E-state index is 0.0798. The second kappa shape index (κ2) is 4.64. The Bertz CT molecular complexity index is 538. The number of nitrogens with zero attached hydrogens (tertiary/aromatic N) is 1. The Hall–Kier alpha value is -2.10. The third kappa shape index (κ3) is 2.01. The molecule has 1 heterocycles. The normalized spacial score (nSPS) is 14.8. The number of benzene rings is 1. The molecule has 0 bridgehead atoms. The molecule has 1 aliphatic heterocycles. The van der Waals surface area contributed by atoms with E-state index in [1.807, 2.05) is 0 Å². The third-order valence-electron chi connectivity index (χ3n) is 2.84. The summed E-state index contributed by atoms with van der Waals surface area (Å²) < 4.78 is 32.7. The summed E-state index contributed by atoms with van der Waals surface area (Å²) in [5.41, 5.74) is 1.02. The van der Waals surface area contributed by atoms with Crippen molar-refractivity contribution in [1.82, 2.24) is 4.90 Å². The number of hydrogen-bond acceptors (Lipinski definition) is 2. The van der Waals surface area contributed by atoms with Crippen LogP contribution in [0.2, 0.25) is 0 Å². The van der Waals surface area contributed by atoms with E-state index in [1.54, 1.807) is 30.2 Å². The van der Waals surface area contributed by atoms with Crippen molar-refractivity contribution < 1.29 is 13.5 Å². The van der Waals surface area contributed by atoms with Crippen LogP contribution in [0.3, 0.4) is 0 Å². The van der Waals surface area contributed by atoms with Crippen LogP contribution in [0.4, 0.5) is 8.78 Å². The van der Waals surface area contributed by atoms with Gasteiger partial charge < -0.3 is 9.64 Å². The Morgan fingerprint density at radius 3 is 2.39 bits per heavy atom. The van der Waals surface area contributed by atoms with Crippen LogP contribution >= 0.6 is 0 Å². The van der Waals surface area contributed by atoms with Crippen molar-refractivity contribution in [1.29, 1.82) is 0 Å². The lowest BCUT2D eigenvalue weighted by molar-refractivity contribution is 0.406. The highest BCUT2D eigenvalue weighted by Gasteiger charge is 2.20. The Kier molecular flexibility index (Phi) is 3.19. The average molecular weight is 249 g/mol. The zero-order valence-electron chi connectivity index (χ0n) is 10.2. The molecule has 1 aromatic carbocycles. The van der Waals surface area contributed by atoms with E-state index in [9.17, 15) is 8.78 Å². The Morgan fingerprint density at radius 1 is 1.22 bits per heavy atom. The summed E-state index contributed by atoms with van der Waals surface area (Å²) >= 11 is 0. The van der Waals surface area contributed by atoms with Gasteiger partial charge in [-0.05, 0) is 12.2 Å². The lowest BCUT2D eigenvalue weighted by Crippen LogP contribution is -2.18. The lowest BCUT2D eigenvalue weighted by atomic mass is 10.1. The third-order valence-corrected chi connectivity index (χ3v) is 2.84. The van der Waals surface area contributed by atoms with Crippen LogP contribution in [0.15, 0.2) is 42.6 Å². The van der Waals surface area contributed by atoms with E-state index < -0.39 is 11.6 Å². The molecule has 1 aromatic rings. The first-order chi connectivity index (χ1) is 8.54. The molecule has 0 N–H and O–H groups in total. The zero-order chi connectivity index (χ0) is 13.3. The molecule has 0 amide bonds. The number of methoxy groups -OCH3 is 1. The fraction of sp³-hybridized carbons (Fsp3) is 0.143. The minimum Gasteiger partial charge on any atom is -0.497 e. The maximum atomic E-state index is 13.9. The van der Waals surface area contributed by atoms with E-state index in [-0.39, 0.29) is 11.3 Å². The molecule has 0 atom stereocenters. The van der Waals surface area contributed by atoms with E-state index in [4.69, 9.17) is 4.74 Å². The fourth-order valence-corrected chi connectivity index (χ4v) is 1.79. The van der Waals surface area contributed by atoms with Gasteiger partial charge in [-0.2, -0.15) is 0 Å². The number of ether oxygens (including phenoxy) is 1. The van der Waals surface area contributed by atoms with Gasteiger partial charge in [-0.15, -0.1) is 0 Å². The number of allylic oxidation sites excluding steroid dienone is 3. The van der Waals surface area contributed by atoms with E-state index in [0.717, 1.165) is 12.1 Å². The summed E-state index contributed by atoms with van der Waals surface area (Å²) in [6.07, 6.45) is 5.12. The van der Waals surface area contributed by atoms with E-state index >= 15 is 0 Å². The van der Waals surface area contributed by atoms with Gasteiger partial charge in [0.2, 0.25) is 0 Å². The molecule has 0 aliphatic carbocycles. The monoisotopic (exact) mass is 249 g/mol. The van der Waals surface area contributed by atoms with Gasteiger partial charge in [-0.1, -0.05) is 12.7 Å². The highest BCUT2D eigenvalue weighted by Crippen LogP contribution is 2.31. The predicted molar refractivity (Wildman–Crippen MR) is 66.9 cm³/mol. The predicted octanol–water partition coefficient (Wildman–Crippen LogP) is 3.33. The first-order valence-corrected chi connectivity index (χ1v) is 5.39. The molecular formula is C14H13F2NO. The highest BCUT2D eigenvalue weighted by atomic mass is 19.1. The number of rotatable bonds is 2. The van der Waals surface area contributed by atoms with Crippen LogP contribution < -0.4 is 4.74 Å². The van der Waals surface area contributed by atoms with Crippen molar-refractivity contribution in [2.75, 3.05) is 14.2 Å². The van der Waals surface area contributed by atoms with Gasteiger partial charge in [0, 0.05) is 24.9 Å². The standard InChI is InChI=1S/C14H13F2NO/c1-9-5-4-6-13(17(9)2)14-11(15)7-10(18-3)8-12(14)16/h4-8H,1H2,2-3H3. The van der Waals surface area contributed by atoms with Crippen LogP contribution in [-0.4, -0.2) is 19.1 Å². The molecule has 0 unspecified atom stereocenters. The van der Waals surface area contributed by atoms with Gasteiger partial charge in [0.1, 0.15) is 17.4 Å². The van der Waals surface area contributed by atoms with Gasteiger partial charge in [-0.25, -0.2) is 8.78 Å². The fourth-order valence-electron chi connectivity index (χ4n) is 1.79. The summed E-state index contributed by atoms with van der Waals surface area (Å²) in [5.74, 6) is -1.16. The Balaban J connectivity index is 2.55. The summed E-state index contributed by atoms with van der Waals surface area (Å²) in [6, 6.07) is 2.32. The van der Waals surface area contributed by atoms with Crippen LogP contribution in [0.5, 0.6) is 5.75 Å². The minimum atomic E-state index is -0.659. The molecule has 0 saturated heterocycles. The van der Waals surface area contributed by atoms with Gasteiger partial charge >= 0.3 is 0 Å². The van der Waals surface area contributed by atoms with Crippen molar-refractivity contribution in [3.63, 3.8) is 0 Å². The van der Waals surface area contributed by atoms with Crippen LogP contribution in [0, 0.1) is 11.6 Å². The summed E-state index contributed by atoms with van der Waals surface area (Å²) in [6.45, 7) is 3.79. The van der Waals surface area contributed by atoms with Crippen molar-refractivity contribution in [3.05, 3.63) is 59.8 Å².